The average Bonchev–Trinajstić information content (AvgIpc) is 3.25. The number of nitrogens with one attached hydrogen (secondary N) is 2. The van der Waals surface area contributed by atoms with Gasteiger partial charge >= 0.3 is 0 Å². The zero-order valence-electron chi connectivity index (χ0n) is 20.3. The van der Waals surface area contributed by atoms with Crippen molar-refractivity contribution in [2.24, 2.45) is 17.3 Å². The minimum absolute atomic E-state index is 0.0525. The van der Waals surface area contributed by atoms with Gasteiger partial charge in [0, 0.05) is 26.2 Å². The van der Waals surface area contributed by atoms with Crippen molar-refractivity contribution in [2.45, 2.75) is 77.2 Å². The summed E-state index contributed by atoms with van der Waals surface area (Å²) in [6, 6.07) is 0. The van der Waals surface area contributed by atoms with Gasteiger partial charge in [-0.3, -0.25) is 14.6 Å². The summed E-state index contributed by atoms with van der Waals surface area (Å²) in [5, 5.41) is 4.91. The van der Waals surface area contributed by atoms with Crippen LogP contribution in [0.2, 0.25) is 0 Å². The summed E-state index contributed by atoms with van der Waals surface area (Å²) in [7, 11) is 1.60. The maximum atomic E-state index is 13.2. The Bertz CT molecular complexity index is 868. The normalized spacial score (nSPS) is 32.3. The quantitative estimate of drug-likeness (QED) is 0.544. The number of carbonyl (C=O) groups is 2. The van der Waals surface area contributed by atoms with Crippen LogP contribution in [0.5, 0.6) is 0 Å². The van der Waals surface area contributed by atoms with Crippen molar-refractivity contribution in [3.05, 3.63) is 35.8 Å². The van der Waals surface area contributed by atoms with Gasteiger partial charge in [-0.2, -0.15) is 0 Å². The molecule has 0 radical (unpaired) electrons. The third kappa shape index (κ3) is 4.88. The highest BCUT2D eigenvalue weighted by molar-refractivity contribution is 5.89. The minimum Gasteiger partial charge on any atom is -0.341 e. The smallest absolute Gasteiger partial charge is 0.248 e. The van der Waals surface area contributed by atoms with E-state index in [0.717, 1.165) is 24.0 Å². The highest BCUT2D eigenvalue weighted by Crippen LogP contribution is 2.57. The molecule has 0 aromatic rings. The molecule has 33 heavy (non-hydrogen) atoms. The second-order valence-corrected chi connectivity index (χ2v) is 10.7. The highest BCUT2D eigenvalue weighted by atomic mass is 19.1. The van der Waals surface area contributed by atoms with E-state index in [2.05, 4.69) is 17.7 Å². The van der Waals surface area contributed by atoms with Crippen LogP contribution in [0.1, 0.15) is 71.6 Å². The van der Waals surface area contributed by atoms with Crippen LogP contribution in [0.15, 0.2) is 35.8 Å². The van der Waals surface area contributed by atoms with Crippen LogP contribution in [0.25, 0.3) is 0 Å². The third-order valence-electron chi connectivity index (χ3n) is 8.10. The molecule has 6 nitrogen and oxygen atoms in total. The van der Waals surface area contributed by atoms with Crippen molar-refractivity contribution in [1.29, 1.82) is 0 Å². The van der Waals surface area contributed by atoms with Gasteiger partial charge in [-0.15, -0.1) is 0 Å². The van der Waals surface area contributed by atoms with Crippen molar-refractivity contribution in [3.63, 3.8) is 0 Å². The lowest BCUT2D eigenvalue weighted by Gasteiger charge is -2.33. The molecule has 0 aromatic carbocycles. The lowest BCUT2D eigenvalue weighted by Crippen LogP contribution is -2.54. The molecule has 2 aliphatic carbocycles. The summed E-state index contributed by atoms with van der Waals surface area (Å²) in [5.41, 5.74) is 3.80. The van der Waals surface area contributed by atoms with Crippen LogP contribution in [-0.4, -0.2) is 47.5 Å². The van der Waals surface area contributed by atoms with E-state index < -0.39 is 12.2 Å². The van der Waals surface area contributed by atoms with Crippen LogP contribution in [0.4, 0.5) is 4.39 Å². The first-order valence-electron chi connectivity index (χ1n) is 12.6. The zero-order valence-corrected chi connectivity index (χ0v) is 20.3. The Morgan fingerprint density at radius 2 is 2.18 bits per heavy atom. The minimum atomic E-state index is -0.995. The molecule has 4 aliphatic rings. The van der Waals surface area contributed by atoms with Crippen molar-refractivity contribution in [2.75, 3.05) is 20.3 Å². The Kier molecular flexibility index (Phi) is 6.99. The van der Waals surface area contributed by atoms with E-state index >= 15 is 0 Å². The van der Waals surface area contributed by atoms with Crippen LogP contribution < -0.4 is 10.7 Å². The molecule has 2 saturated carbocycles. The second kappa shape index (κ2) is 9.61. The standard InChI is InChI=1S/C26H39FN4O2/c1-4-5-8-19-15-26(11-6-9-20(19)16-26)18-23(32)28-21-10-7-13-31-22(21)17-25(2,29-31)24(33)30(3)14-12-27/h7,10,13,17,19-20,29H,4-6,8-9,11-12,14-16,18H2,1-3H3,(H,28,32). The van der Waals surface area contributed by atoms with E-state index in [1.165, 1.54) is 49.8 Å². The largest absolute Gasteiger partial charge is 0.341 e. The van der Waals surface area contributed by atoms with Crippen LogP contribution >= 0.6 is 0 Å². The maximum absolute atomic E-state index is 13.2. The number of alkyl halides is 1. The Labute approximate surface area is 197 Å². The second-order valence-electron chi connectivity index (χ2n) is 10.7. The first-order chi connectivity index (χ1) is 15.8. The van der Waals surface area contributed by atoms with Gasteiger partial charge in [-0.05, 0) is 61.7 Å². The lowest BCUT2D eigenvalue weighted by molar-refractivity contribution is -0.135. The number of carbonyl (C=O) groups excluding carboxylic acids is 2. The van der Waals surface area contributed by atoms with Gasteiger partial charge in [0.05, 0.1) is 11.4 Å². The van der Waals surface area contributed by atoms with Gasteiger partial charge in [0.2, 0.25) is 11.8 Å². The zero-order chi connectivity index (χ0) is 23.6. The molecule has 182 valence electrons. The van der Waals surface area contributed by atoms with Gasteiger partial charge in [0.1, 0.15) is 12.2 Å². The van der Waals surface area contributed by atoms with Gasteiger partial charge in [0.25, 0.3) is 0 Å². The molecule has 2 bridgehead atoms. The molecule has 0 spiro atoms. The van der Waals surface area contributed by atoms with Crippen molar-refractivity contribution >= 4 is 11.8 Å². The molecule has 2 aliphatic heterocycles. The van der Waals surface area contributed by atoms with Crippen LogP contribution in [-0.2, 0) is 9.59 Å². The van der Waals surface area contributed by atoms with E-state index in [0.29, 0.717) is 12.1 Å². The number of amides is 2. The number of hydrogen-bond acceptors (Lipinski definition) is 4. The van der Waals surface area contributed by atoms with Crippen LogP contribution in [0, 0.1) is 17.3 Å². The molecule has 0 saturated heterocycles. The van der Waals surface area contributed by atoms with Gasteiger partial charge in [0.15, 0.2) is 0 Å². The molecule has 4 atom stereocenters. The monoisotopic (exact) mass is 458 g/mol. The molecule has 4 rings (SSSR count). The molecule has 2 amide bonds. The molecule has 7 heteroatoms. The van der Waals surface area contributed by atoms with Crippen LogP contribution in [0.3, 0.4) is 0 Å². The SMILES string of the molecule is CCCCC1CC2(CC(=O)NC3=CC=CN4NC(C)(C(=O)N(C)CCF)C=C34)CCCC1C2. The molecule has 2 N–H and O–H groups in total. The maximum Gasteiger partial charge on any atom is 0.248 e. The summed E-state index contributed by atoms with van der Waals surface area (Å²) in [4.78, 5) is 27.5. The molecule has 4 unspecified atom stereocenters. The molecule has 2 heterocycles. The summed E-state index contributed by atoms with van der Waals surface area (Å²) in [6.45, 7) is 3.50. The Balaban J connectivity index is 1.43. The number of halogens is 1. The predicted molar refractivity (Wildman–Crippen MR) is 127 cm³/mol. The first-order valence-corrected chi connectivity index (χ1v) is 12.6. The number of allylic oxidation sites excluding steroid dienone is 2. The lowest BCUT2D eigenvalue weighted by atomic mass is 9.73. The number of rotatable bonds is 9. The van der Waals surface area contributed by atoms with E-state index in [1.807, 2.05) is 24.4 Å². The number of hydrogen-bond donors (Lipinski definition) is 2. The molecular formula is C26H39FN4O2. The Morgan fingerprint density at radius 1 is 1.36 bits per heavy atom. The summed E-state index contributed by atoms with van der Waals surface area (Å²) in [5.74, 6) is 1.42. The number of nitrogens with zero attached hydrogens (tertiary/aromatic N) is 2. The van der Waals surface area contributed by atoms with Crippen molar-refractivity contribution in [3.8, 4) is 0 Å². The fraction of sp³-hybridized carbons (Fsp3) is 0.692. The predicted octanol–water partition coefficient (Wildman–Crippen LogP) is 4.18. The van der Waals surface area contributed by atoms with Crippen molar-refractivity contribution < 1.29 is 14.0 Å². The Morgan fingerprint density at radius 3 is 2.94 bits per heavy atom. The fourth-order valence-corrected chi connectivity index (χ4v) is 6.54. The first kappa shape index (κ1) is 24.0. The van der Waals surface area contributed by atoms with E-state index in [4.69, 9.17) is 0 Å². The molecular weight excluding hydrogens is 419 g/mol. The molecule has 0 aromatic heterocycles. The average molecular weight is 459 g/mol. The number of hydrazine groups is 1. The number of likely N-dealkylation sites (N-methyl/N-ethyl adjacent to an activating group) is 1. The molecule has 2 fully saturated rings. The Hall–Kier alpha value is -2.15. The summed E-state index contributed by atoms with van der Waals surface area (Å²) in [6.07, 6.45) is 17.9. The number of unbranched alkanes of at least 4 members (excludes halogenated alkanes) is 1. The van der Waals surface area contributed by atoms with Gasteiger partial charge in [-0.25, -0.2) is 9.82 Å². The summed E-state index contributed by atoms with van der Waals surface area (Å²) < 4.78 is 12.7. The van der Waals surface area contributed by atoms with E-state index in [1.54, 1.807) is 19.0 Å². The topological polar surface area (TPSA) is 64.7 Å². The van der Waals surface area contributed by atoms with Gasteiger partial charge in [-0.1, -0.05) is 39.0 Å². The van der Waals surface area contributed by atoms with Gasteiger partial charge < -0.3 is 10.2 Å². The van der Waals surface area contributed by atoms with E-state index in [9.17, 15) is 14.0 Å². The van der Waals surface area contributed by atoms with E-state index in [-0.39, 0.29) is 23.8 Å². The third-order valence-corrected chi connectivity index (χ3v) is 8.10. The number of fused-ring (bicyclic) bond motifs is 3. The summed E-state index contributed by atoms with van der Waals surface area (Å²) >= 11 is 0. The fourth-order valence-electron chi connectivity index (χ4n) is 6.54. The highest BCUT2D eigenvalue weighted by Gasteiger charge is 2.48. The van der Waals surface area contributed by atoms with Crippen molar-refractivity contribution in [1.82, 2.24) is 20.7 Å².